The number of thioether (sulfide) groups is 1. The van der Waals surface area contributed by atoms with Crippen LogP contribution in [-0.2, 0) is 19.3 Å². The van der Waals surface area contributed by atoms with E-state index in [4.69, 9.17) is 4.98 Å². The van der Waals surface area contributed by atoms with Crippen molar-refractivity contribution >= 4 is 33.3 Å². The number of para-hydroxylation sites is 1. The van der Waals surface area contributed by atoms with Gasteiger partial charge in [0.05, 0.1) is 11.1 Å². The molecule has 0 radical (unpaired) electrons. The van der Waals surface area contributed by atoms with Gasteiger partial charge in [0, 0.05) is 10.6 Å². The molecule has 0 N–H and O–H groups in total. The number of aryl methyl sites for hydroxylation is 3. The minimum Gasteiger partial charge on any atom is -0.268 e. The van der Waals surface area contributed by atoms with E-state index >= 15 is 0 Å². The van der Waals surface area contributed by atoms with Crippen LogP contribution in [0.5, 0.6) is 0 Å². The van der Waals surface area contributed by atoms with Gasteiger partial charge in [-0.25, -0.2) is 4.98 Å². The van der Waals surface area contributed by atoms with Gasteiger partial charge in [-0.1, -0.05) is 60.3 Å². The van der Waals surface area contributed by atoms with Crippen LogP contribution >= 0.6 is 23.1 Å². The first kappa shape index (κ1) is 18.6. The van der Waals surface area contributed by atoms with Crippen molar-refractivity contribution in [3.63, 3.8) is 0 Å². The molecule has 4 aromatic rings. The first-order valence-corrected chi connectivity index (χ1v) is 11.9. The number of thiophene rings is 1. The van der Waals surface area contributed by atoms with Crippen molar-refractivity contribution < 1.29 is 0 Å². The lowest BCUT2D eigenvalue weighted by molar-refractivity contribution is 0.699. The normalized spacial score (nSPS) is 13.5. The summed E-state index contributed by atoms with van der Waals surface area (Å²) >= 11 is 3.39. The Balaban J connectivity index is 1.58. The third-order valence-corrected chi connectivity index (χ3v) is 7.56. The monoisotopic (exact) mass is 418 g/mol. The van der Waals surface area contributed by atoms with Crippen LogP contribution in [0.25, 0.3) is 15.9 Å². The summed E-state index contributed by atoms with van der Waals surface area (Å²) in [7, 11) is 0. The third-order valence-electron chi connectivity index (χ3n) is 5.44. The summed E-state index contributed by atoms with van der Waals surface area (Å²) in [5, 5.41) is 1.64. The molecule has 5 rings (SSSR count). The second-order valence-corrected chi connectivity index (χ2v) is 9.49. The molecule has 3 nitrogen and oxygen atoms in total. The molecule has 2 aromatic carbocycles. The number of hydrogen-bond donors (Lipinski definition) is 0. The van der Waals surface area contributed by atoms with Gasteiger partial charge in [0.25, 0.3) is 5.56 Å². The molecule has 2 aromatic heterocycles. The van der Waals surface area contributed by atoms with Gasteiger partial charge in [0.1, 0.15) is 4.83 Å². The van der Waals surface area contributed by atoms with Crippen LogP contribution in [0, 0.1) is 0 Å². The van der Waals surface area contributed by atoms with Crippen molar-refractivity contribution in [1.82, 2.24) is 9.55 Å². The zero-order valence-corrected chi connectivity index (χ0v) is 17.8. The minimum atomic E-state index is 0.0859. The van der Waals surface area contributed by atoms with E-state index < -0.39 is 0 Å². The van der Waals surface area contributed by atoms with Gasteiger partial charge in [-0.15, -0.1) is 11.3 Å². The molecule has 0 fully saturated rings. The smallest absolute Gasteiger partial charge is 0.267 e. The molecule has 0 unspecified atom stereocenters. The Hall–Kier alpha value is -2.37. The summed E-state index contributed by atoms with van der Waals surface area (Å²) in [6, 6.07) is 20.4. The van der Waals surface area contributed by atoms with Crippen molar-refractivity contribution in [2.24, 2.45) is 0 Å². The quantitative estimate of drug-likeness (QED) is 0.310. The summed E-state index contributed by atoms with van der Waals surface area (Å²) in [5.41, 5.74) is 3.54. The van der Waals surface area contributed by atoms with E-state index in [1.807, 2.05) is 41.0 Å². The molecule has 0 amide bonds. The molecular weight excluding hydrogens is 396 g/mol. The van der Waals surface area contributed by atoms with Crippen LogP contribution in [0.2, 0.25) is 0 Å². The molecule has 0 atom stereocenters. The average Bonchev–Trinajstić information content (AvgIpc) is 3.14. The Morgan fingerprint density at radius 2 is 1.69 bits per heavy atom. The lowest BCUT2D eigenvalue weighted by Crippen LogP contribution is -2.22. The Morgan fingerprint density at radius 3 is 2.48 bits per heavy atom. The Morgan fingerprint density at radius 1 is 0.966 bits per heavy atom. The molecule has 29 heavy (non-hydrogen) atoms. The highest BCUT2D eigenvalue weighted by Crippen LogP contribution is 2.35. The fourth-order valence-corrected chi connectivity index (χ4v) is 6.30. The Labute approximate surface area is 178 Å². The molecule has 0 bridgehead atoms. The topological polar surface area (TPSA) is 34.9 Å². The van der Waals surface area contributed by atoms with Gasteiger partial charge >= 0.3 is 0 Å². The molecule has 0 saturated heterocycles. The van der Waals surface area contributed by atoms with E-state index in [0.29, 0.717) is 0 Å². The van der Waals surface area contributed by atoms with Gasteiger partial charge in [0.2, 0.25) is 0 Å². The highest BCUT2D eigenvalue weighted by molar-refractivity contribution is 7.99. The summed E-state index contributed by atoms with van der Waals surface area (Å²) in [5.74, 6) is 0.889. The summed E-state index contributed by atoms with van der Waals surface area (Å²) in [6.45, 7) is 0. The van der Waals surface area contributed by atoms with Gasteiger partial charge in [-0.3, -0.25) is 9.36 Å². The molecule has 2 heterocycles. The van der Waals surface area contributed by atoms with Crippen LogP contribution < -0.4 is 5.56 Å². The third kappa shape index (κ3) is 3.65. The lowest BCUT2D eigenvalue weighted by Gasteiger charge is -2.13. The average molecular weight is 419 g/mol. The van der Waals surface area contributed by atoms with Crippen molar-refractivity contribution in [3.05, 3.63) is 87.0 Å². The number of fused-ring (bicyclic) bond motifs is 3. The fraction of sp³-hybridized carbons (Fsp3) is 0.250. The zero-order valence-electron chi connectivity index (χ0n) is 16.1. The lowest BCUT2D eigenvalue weighted by atomic mass is 9.97. The van der Waals surface area contributed by atoms with Crippen LogP contribution in [0.15, 0.2) is 70.6 Å². The highest BCUT2D eigenvalue weighted by Gasteiger charge is 2.22. The van der Waals surface area contributed by atoms with E-state index in [9.17, 15) is 4.79 Å². The van der Waals surface area contributed by atoms with E-state index in [1.54, 1.807) is 23.1 Å². The molecule has 0 saturated carbocycles. The van der Waals surface area contributed by atoms with Crippen molar-refractivity contribution in [2.75, 3.05) is 5.75 Å². The number of hydrogen-bond acceptors (Lipinski definition) is 4. The molecule has 0 aliphatic heterocycles. The maximum atomic E-state index is 13.6. The molecule has 5 heteroatoms. The molecule has 1 aliphatic rings. The first-order chi connectivity index (χ1) is 14.3. The van der Waals surface area contributed by atoms with Gasteiger partial charge in [0.15, 0.2) is 5.16 Å². The summed E-state index contributed by atoms with van der Waals surface area (Å²) < 4.78 is 1.82. The largest absolute Gasteiger partial charge is 0.268 e. The van der Waals surface area contributed by atoms with E-state index in [1.165, 1.54) is 22.4 Å². The molecular formula is C24H22N2OS2. The number of nitrogens with zero attached hydrogens (tertiary/aromatic N) is 2. The van der Waals surface area contributed by atoms with Gasteiger partial charge < -0.3 is 0 Å². The SMILES string of the molecule is O=c1c2c3c(sc2nc(SCCc2ccccc2)n1-c1ccccc1)CCCC3. The maximum Gasteiger partial charge on any atom is 0.267 e. The van der Waals surface area contributed by atoms with Crippen molar-refractivity contribution in [3.8, 4) is 5.69 Å². The number of rotatable bonds is 5. The first-order valence-electron chi connectivity index (χ1n) is 10.1. The van der Waals surface area contributed by atoms with Gasteiger partial charge in [-0.2, -0.15) is 0 Å². The Kier molecular flexibility index (Phi) is 5.25. The summed E-state index contributed by atoms with van der Waals surface area (Å²) in [4.78, 5) is 20.9. The van der Waals surface area contributed by atoms with Crippen LogP contribution in [0.3, 0.4) is 0 Å². The Bertz CT molecular complexity index is 1200. The van der Waals surface area contributed by atoms with Gasteiger partial charge in [-0.05, 0) is 55.4 Å². The molecule has 146 valence electrons. The molecule has 0 spiro atoms. The number of aromatic nitrogens is 2. The standard InChI is InChI=1S/C24H22N2OS2/c27-23-21-19-13-7-8-14-20(19)29-22(21)25-24(26(23)18-11-5-2-6-12-18)28-16-15-17-9-3-1-4-10-17/h1-6,9-12H,7-8,13-16H2. The predicted octanol–water partition coefficient (Wildman–Crippen LogP) is 5.66. The van der Waals surface area contributed by atoms with E-state index in [0.717, 1.165) is 52.5 Å². The highest BCUT2D eigenvalue weighted by atomic mass is 32.2. The van der Waals surface area contributed by atoms with E-state index in [-0.39, 0.29) is 5.56 Å². The van der Waals surface area contributed by atoms with Crippen molar-refractivity contribution in [1.29, 1.82) is 0 Å². The molecule has 1 aliphatic carbocycles. The van der Waals surface area contributed by atoms with Crippen LogP contribution in [-0.4, -0.2) is 15.3 Å². The fourth-order valence-electron chi connectivity index (χ4n) is 3.99. The predicted molar refractivity (Wildman–Crippen MR) is 123 cm³/mol. The summed E-state index contributed by atoms with van der Waals surface area (Å²) in [6.07, 6.45) is 5.41. The minimum absolute atomic E-state index is 0.0859. The maximum absolute atomic E-state index is 13.6. The zero-order chi connectivity index (χ0) is 19.6. The number of benzene rings is 2. The van der Waals surface area contributed by atoms with Crippen LogP contribution in [0.1, 0.15) is 28.8 Å². The second-order valence-electron chi connectivity index (χ2n) is 7.35. The van der Waals surface area contributed by atoms with E-state index in [2.05, 4.69) is 24.3 Å². The van der Waals surface area contributed by atoms with Crippen molar-refractivity contribution in [2.45, 2.75) is 37.3 Å². The second kappa shape index (κ2) is 8.17. The van der Waals surface area contributed by atoms with Crippen LogP contribution in [0.4, 0.5) is 0 Å².